The summed E-state index contributed by atoms with van der Waals surface area (Å²) in [5, 5.41) is 6.00. The van der Waals surface area contributed by atoms with Crippen LogP contribution in [0.15, 0.2) is 0 Å². The fraction of sp³-hybridized carbons (Fsp3) is 0.917. The molecule has 0 unspecified atom stereocenters. The first kappa shape index (κ1) is 14.4. The summed E-state index contributed by atoms with van der Waals surface area (Å²) in [5.41, 5.74) is 11.1. The van der Waals surface area contributed by atoms with Gasteiger partial charge in [-0.1, -0.05) is 6.42 Å². The molecule has 0 aliphatic carbocycles. The summed E-state index contributed by atoms with van der Waals surface area (Å²) in [6.45, 7) is 2.97. The minimum atomic E-state index is -0.257. The van der Waals surface area contributed by atoms with Crippen LogP contribution in [0, 0.1) is 0 Å². The Morgan fingerprint density at radius 3 is 2.53 bits per heavy atom. The molecule has 0 saturated carbocycles. The van der Waals surface area contributed by atoms with Crippen molar-refractivity contribution in [2.75, 3.05) is 19.6 Å². The first-order chi connectivity index (χ1) is 8.20. The molecule has 0 aromatic rings. The number of rotatable bonds is 0. The second-order valence-electron chi connectivity index (χ2n) is 4.85. The van der Waals surface area contributed by atoms with Crippen molar-refractivity contribution >= 4 is 5.91 Å². The molecular formula is C12H26N4O. The molecule has 2 heterocycles. The predicted octanol–water partition coefficient (Wildman–Crippen LogP) is -0.299. The zero-order valence-electron chi connectivity index (χ0n) is 10.6. The van der Waals surface area contributed by atoms with Crippen LogP contribution in [0.5, 0.6) is 0 Å². The van der Waals surface area contributed by atoms with E-state index < -0.39 is 0 Å². The average molecular weight is 242 g/mol. The van der Waals surface area contributed by atoms with Gasteiger partial charge in [-0.2, -0.15) is 0 Å². The zero-order chi connectivity index (χ0) is 12.5. The third-order valence-electron chi connectivity index (χ3n) is 3.16. The van der Waals surface area contributed by atoms with Crippen molar-refractivity contribution in [3.8, 4) is 0 Å². The van der Waals surface area contributed by atoms with Crippen molar-refractivity contribution in [1.29, 1.82) is 0 Å². The van der Waals surface area contributed by atoms with Gasteiger partial charge in [0.05, 0.1) is 6.04 Å². The van der Waals surface area contributed by atoms with Gasteiger partial charge in [0.1, 0.15) is 0 Å². The molecule has 2 atom stereocenters. The molecule has 2 rings (SSSR count). The van der Waals surface area contributed by atoms with Crippen LogP contribution in [0.4, 0.5) is 0 Å². The highest BCUT2D eigenvalue weighted by molar-refractivity contribution is 5.81. The van der Waals surface area contributed by atoms with Gasteiger partial charge < -0.3 is 22.1 Å². The SMILES string of the molecule is N[C@@H]1CCCCNC1.N[C@@H]1CCCCNC1=O. The Balaban J connectivity index is 0.000000171. The van der Waals surface area contributed by atoms with E-state index in [0.29, 0.717) is 6.04 Å². The second kappa shape index (κ2) is 8.44. The molecule has 1 amide bonds. The molecule has 2 aliphatic rings. The molecule has 0 aromatic carbocycles. The fourth-order valence-corrected chi connectivity index (χ4v) is 2.01. The molecule has 2 aliphatic heterocycles. The first-order valence-corrected chi connectivity index (χ1v) is 6.69. The highest BCUT2D eigenvalue weighted by atomic mass is 16.2. The van der Waals surface area contributed by atoms with Crippen molar-refractivity contribution < 1.29 is 4.79 Å². The smallest absolute Gasteiger partial charge is 0.236 e. The molecule has 0 radical (unpaired) electrons. The minimum Gasteiger partial charge on any atom is -0.355 e. The maximum atomic E-state index is 10.8. The third kappa shape index (κ3) is 6.61. The Bertz CT molecular complexity index is 215. The number of hydrogen-bond donors (Lipinski definition) is 4. The van der Waals surface area contributed by atoms with Crippen LogP contribution < -0.4 is 22.1 Å². The molecule has 2 fully saturated rings. The van der Waals surface area contributed by atoms with Gasteiger partial charge in [-0.3, -0.25) is 4.79 Å². The maximum absolute atomic E-state index is 10.8. The van der Waals surface area contributed by atoms with Gasteiger partial charge in [0, 0.05) is 19.1 Å². The molecule has 0 aromatic heterocycles. The molecule has 17 heavy (non-hydrogen) atoms. The Labute approximate surface area is 104 Å². The van der Waals surface area contributed by atoms with Gasteiger partial charge in [0.15, 0.2) is 0 Å². The van der Waals surface area contributed by atoms with Crippen molar-refractivity contribution in [2.45, 2.75) is 50.6 Å². The van der Waals surface area contributed by atoms with Gasteiger partial charge in [-0.15, -0.1) is 0 Å². The zero-order valence-corrected chi connectivity index (χ0v) is 10.6. The quantitative estimate of drug-likeness (QED) is 0.469. The van der Waals surface area contributed by atoms with Gasteiger partial charge >= 0.3 is 0 Å². The average Bonchev–Trinajstić information content (AvgIpc) is 2.65. The Morgan fingerprint density at radius 2 is 1.71 bits per heavy atom. The summed E-state index contributed by atoms with van der Waals surface area (Å²) in [4.78, 5) is 10.8. The van der Waals surface area contributed by atoms with Crippen LogP contribution in [0.2, 0.25) is 0 Å². The van der Waals surface area contributed by atoms with E-state index >= 15 is 0 Å². The topological polar surface area (TPSA) is 93.2 Å². The lowest BCUT2D eigenvalue weighted by Crippen LogP contribution is -2.38. The highest BCUT2D eigenvalue weighted by Crippen LogP contribution is 2.02. The molecule has 5 nitrogen and oxygen atoms in total. The molecule has 6 N–H and O–H groups in total. The molecule has 0 spiro atoms. The molecule has 0 bridgehead atoms. The lowest BCUT2D eigenvalue weighted by atomic mass is 10.1. The fourth-order valence-electron chi connectivity index (χ4n) is 2.01. The summed E-state index contributed by atoms with van der Waals surface area (Å²) >= 11 is 0. The van der Waals surface area contributed by atoms with Crippen molar-refractivity contribution in [3.63, 3.8) is 0 Å². The molecule has 100 valence electrons. The Morgan fingerprint density at radius 1 is 1.00 bits per heavy atom. The number of nitrogens with one attached hydrogen (secondary N) is 2. The summed E-state index contributed by atoms with van der Waals surface area (Å²) in [6.07, 6.45) is 6.78. The normalized spacial score (nSPS) is 30.4. The number of hydrogen-bond acceptors (Lipinski definition) is 4. The third-order valence-corrected chi connectivity index (χ3v) is 3.16. The predicted molar refractivity (Wildman–Crippen MR) is 69.5 cm³/mol. The number of amides is 1. The largest absolute Gasteiger partial charge is 0.355 e. The maximum Gasteiger partial charge on any atom is 0.236 e. The highest BCUT2D eigenvalue weighted by Gasteiger charge is 2.14. The van der Waals surface area contributed by atoms with Gasteiger partial charge in [0.2, 0.25) is 5.91 Å². The molecule has 5 heteroatoms. The lowest BCUT2D eigenvalue weighted by molar-refractivity contribution is -0.122. The minimum absolute atomic E-state index is 0.00694. The summed E-state index contributed by atoms with van der Waals surface area (Å²) in [6, 6.07) is 0.157. The van der Waals surface area contributed by atoms with Crippen LogP contribution in [0.3, 0.4) is 0 Å². The van der Waals surface area contributed by atoms with E-state index in [1.807, 2.05) is 0 Å². The number of carbonyl (C=O) groups is 1. The molecule has 2 saturated heterocycles. The van der Waals surface area contributed by atoms with E-state index in [2.05, 4.69) is 10.6 Å². The summed E-state index contributed by atoms with van der Waals surface area (Å²) in [5.74, 6) is 0.00694. The lowest BCUT2D eigenvalue weighted by Gasteiger charge is -2.04. The van der Waals surface area contributed by atoms with Crippen molar-refractivity contribution in [1.82, 2.24) is 10.6 Å². The van der Waals surface area contributed by atoms with E-state index in [1.54, 1.807) is 0 Å². The van der Waals surface area contributed by atoms with E-state index in [-0.39, 0.29) is 11.9 Å². The van der Waals surface area contributed by atoms with Crippen LogP contribution in [-0.2, 0) is 4.79 Å². The summed E-state index contributed by atoms with van der Waals surface area (Å²) < 4.78 is 0. The van der Waals surface area contributed by atoms with Gasteiger partial charge in [0.25, 0.3) is 0 Å². The van der Waals surface area contributed by atoms with Gasteiger partial charge in [-0.25, -0.2) is 0 Å². The van der Waals surface area contributed by atoms with Crippen molar-refractivity contribution in [2.24, 2.45) is 11.5 Å². The van der Waals surface area contributed by atoms with E-state index in [4.69, 9.17) is 11.5 Å². The monoisotopic (exact) mass is 242 g/mol. The van der Waals surface area contributed by atoms with E-state index in [0.717, 1.165) is 38.9 Å². The number of carbonyl (C=O) groups excluding carboxylic acids is 1. The van der Waals surface area contributed by atoms with E-state index in [9.17, 15) is 4.79 Å². The van der Waals surface area contributed by atoms with Crippen molar-refractivity contribution in [3.05, 3.63) is 0 Å². The Kier molecular flexibility index (Phi) is 7.16. The standard InChI is InChI=1S/C6H12N2O.C6H14N2/c7-5-3-1-2-4-8-6(5)9;7-6-3-1-2-4-8-5-6/h5H,1-4,7H2,(H,8,9);6,8H,1-5,7H2/t5-;6-/m11/s1. The van der Waals surface area contributed by atoms with Crippen LogP contribution in [0.1, 0.15) is 38.5 Å². The summed E-state index contributed by atoms with van der Waals surface area (Å²) in [7, 11) is 0. The second-order valence-corrected chi connectivity index (χ2v) is 4.85. The number of nitrogens with two attached hydrogens (primary N) is 2. The van der Waals surface area contributed by atoms with Crippen LogP contribution >= 0.6 is 0 Å². The Hall–Kier alpha value is -0.650. The van der Waals surface area contributed by atoms with Crippen LogP contribution in [0.25, 0.3) is 0 Å². The molecular weight excluding hydrogens is 216 g/mol. The van der Waals surface area contributed by atoms with Gasteiger partial charge in [-0.05, 0) is 38.6 Å². The first-order valence-electron chi connectivity index (χ1n) is 6.69. The van der Waals surface area contributed by atoms with Crippen LogP contribution in [-0.4, -0.2) is 37.6 Å². The van der Waals surface area contributed by atoms with E-state index in [1.165, 1.54) is 19.3 Å².